The van der Waals surface area contributed by atoms with Gasteiger partial charge in [0.2, 0.25) is 0 Å². The van der Waals surface area contributed by atoms with E-state index in [0.29, 0.717) is 17.1 Å². The smallest absolute Gasteiger partial charge is 0.254 e. The molecule has 0 aromatic heterocycles. The highest BCUT2D eigenvalue weighted by Gasteiger charge is 2.25. The third kappa shape index (κ3) is 4.73. The first-order valence-corrected chi connectivity index (χ1v) is 9.69. The number of benzene rings is 2. The third-order valence-electron chi connectivity index (χ3n) is 5.27. The topological polar surface area (TPSA) is 43.2 Å². The molecule has 5 heteroatoms. The van der Waals surface area contributed by atoms with Crippen LogP contribution in [-0.2, 0) is 0 Å². The van der Waals surface area contributed by atoms with E-state index < -0.39 is 0 Å². The Labute approximate surface area is 167 Å². The molecule has 3 rings (SSSR count). The normalized spacial score (nSPS) is 15.0. The van der Waals surface area contributed by atoms with Crippen molar-refractivity contribution in [2.24, 2.45) is 0 Å². The highest BCUT2D eigenvalue weighted by Crippen LogP contribution is 2.30. The van der Waals surface area contributed by atoms with Crippen LogP contribution in [-0.4, -0.2) is 57.8 Å². The van der Waals surface area contributed by atoms with Gasteiger partial charge in [-0.25, -0.2) is 0 Å². The van der Waals surface area contributed by atoms with Crippen molar-refractivity contribution < 1.29 is 19.2 Å². The Kier molecular flexibility index (Phi) is 6.71. The molecule has 1 aliphatic heterocycles. The fourth-order valence-corrected chi connectivity index (χ4v) is 3.55. The van der Waals surface area contributed by atoms with E-state index in [9.17, 15) is 4.79 Å². The molecule has 2 aromatic rings. The predicted molar refractivity (Wildman–Crippen MR) is 111 cm³/mol. The summed E-state index contributed by atoms with van der Waals surface area (Å²) in [4.78, 5) is 16.4. The lowest BCUT2D eigenvalue weighted by Crippen LogP contribution is -3.14. The van der Waals surface area contributed by atoms with E-state index in [-0.39, 0.29) is 5.91 Å². The van der Waals surface area contributed by atoms with Crippen LogP contribution in [0.5, 0.6) is 11.5 Å². The summed E-state index contributed by atoms with van der Waals surface area (Å²) >= 11 is 0. The molecule has 1 heterocycles. The Morgan fingerprint density at radius 1 is 1.07 bits per heavy atom. The van der Waals surface area contributed by atoms with Crippen LogP contribution >= 0.6 is 0 Å². The maximum absolute atomic E-state index is 12.9. The van der Waals surface area contributed by atoms with Gasteiger partial charge in [-0.05, 0) is 30.7 Å². The molecule has 28 heavy (non-hydrogen) atoms. The summed E-state index contributed by atoms with van der Waals surface area (Å²) in [6.07, 6.45) is 4.38. The summed E-state index contributed by atoms with van der Waals surface area (Å²) in [6.45, 7) is 6.31. The molecule has 0 atom stereocenters. The maximum Gasteiger partial charge on any atom is 0.254 e. The SMILES string of the molecule is COc1cc(C(=O)N2CC[NH+](C/C=C/c3ccccc3)CC2)cc(OC)c1C. The molecule has 0 saturated carbocycles. The molecular formula is C23H29N2O3+. The Morgan fingerprint density at radius 3 is 2.25 bits per heavy atom. The van der Waals surface area contributed by atoms with E-state index in [4.69, 9.17) is 9.47 Å². The van der Waals surface area contributed by atoms with E-state index in [1.807, 2.05) is 42.2 Å². The molecule has 0 aliphatic carbocycles. The Balaban J connectivity index is 1.57. The average Bonchev–Trinajstić information content (AvgIpc) is 2.74. The number of carbonyl (C=O) groups is 1. The molecule has 0 unspecified atom stereocenters. The first kappa shape index (κ1) is 20.0. The van der Waals surface area contributed by atoms with E-state index in [2.05, 4.69) is 24.3 Å². The number of amides is 1. The quantitative estimate of drug-likeness (QED) is 0.833. The predicted octanol–water partition coefficient (Wildman–Crippen LogP) is 2.07. The summed E-state index contributed by atoms with van der Waals surface area (Å²) < 4.78 is 10.8. The van der Waals surface area contributed by atoms with Crippen molar-refractivity contribution in [3.8, 4) is 11.5 Å². The maximum atomic E-state index is 12.9. The van der Waals surface area contributed by atoms with E-state index in [0.717, 1.165) is 38.3 Å². The lowest BCUT2D eigenvalue weighted by Gasteiger charge is -2.32. The van der Waals surface area contributed by atoms with Gasteiger partial charge < -0.3 is 19.3 Å². The van der Waals surface area contributed by atoms with Crippen molar-refractivity contribution in [2.45, 2.75) is 6.92 Å². The van der Waals surface area contributed by atoms with Crippen LogP contribution in [0.3, 0.4) is 0 Å². The van der Waals surface area contributed by atoms with Gasteiger partial charge in [-0.1, -0.05) is 36.4 Å². The van der Waals surface area contributed by atoms with Gasteiger partial charge in [-0.15, -0.1) is 0 Å². The van der Waals surface area contributed by atoms with Gasteiger partial charge in [-0.2, -0.15) is 0 Å². The molecule has 1 aliphatic rings. The second kappa shape index (κ2) is 9.42. The van der Waals surface area contributed by atoms with Gasteiger partial charge in [0, 0.05) is 11.1 Å². The number of quaternary nitrogens is 1. The third-order valence-corrected chi connectivity index (χ3v) is 5.27. The van der Waals surface area contributed by atoms with Crippen molar-refractivity contribution in [1.82, 2.24) is 4.90 Å². The fraction of sp³-hybridized carbons (Fsp3) is 0.348. The molecule has 5 nitrogen and oxygen atoms in total. The molecule has 1 N–H and O–H groups in total. The fourth-order valence-electron chi connectivity index (χ4n) is 3.55. The zero-order valence-corrected chi connectivity index (χ0v) is 16.9. The highest BCUT2D eigenvalue weighted by molar-refractivity contribution is 5.95. The summed E-state index contributed by atoms with van der Waals surface area (Å²) in [6, 6.07) is 13.9. The lowest BCUT2D eigenvalue weighted by molar-refractivity contribution is -0.898. The van der Waals surface area contributed by atoms with Crippen LogP contribution in [0.15, 0.2) is 48.5 Å². The van der Waals surface area contributed by atoms with Crippen LogP contribution in [0.2, 0.25) is 0 Å². The van der Waals surface area contributed by atoms with Gasteiger partial charge >= 0.3 is 0 Å². The second-order valence-corrected chi connectivity index (χ2v) is 7.07. The van der Waals surface area contributed by atoms with Crippen molar-refractivity contribution in [1.29, 1.82) is 0 Å². The van der Waals surface area contributed by atoms with E-state index in [1.54, 1.807) is 14.2 Å². The van der Waals surface area contributed by atoms with Crippen LogP contribution in [0, 0.1) is 6.92 Å². The number of carbonyl (C=O) groups excluding carboxylic acids is 1. The summed E-state index contributed by atoms with van der Waals surface area (Å²) in [5.41, 5.74) is 2.74. The zero-order valence-electron chi connectivity index (χ0n) is 16.9. The first-order valence-electron chi connectivity index (χ1n) is 9.69. The standard InChI is InChI=1S/C23H28N2O3/c1-18-21(27-2)16-20(17-22(18)28-3)23(26)25-14-12-24(13-15-25)11-7-10-19-8-5-4-6-9-19/h4-10,16-17H,11-15H2,1-3H3/p+1/b10-7+. The van der Waals surface area contributed by atoms with Crippen molar-refractivity contribution in [3.05, 3.63) is 65.2 Å². The molecule has 0 radical (unpaired) electrons. The molecule has 1 saturated heterocycles. The lowest BCUT2D eigenvalue weighted by atomic mass is 10.1. The summed E-state index contributed by atoms with van der Waals surface area (Å²) in [5, 5.41) is 0. The van der Waals surface area contributed by atoms with Gasteiger partial charge in [0.15, 0.2) is 0 Å². The Hall–Kier alpha value is -2.79. The molecule has 1 fully saturated rings. The van der Waals surface area contributed by atoms with Crippen LogP contribution in [0.1, 0.15) is 21.5 Å². The number of rotatable bonds is 6. The minimum atomic E-state index is 0.0375. The number of hydrogen-bond donors (Lipinski definition) is 1. The Bertz CT molecular complexity index is 800. The molecule has 0 bridgehead atoms. The van der Waals surface area contributed by atoms with Gasteiger partial charge in [0.05, 0.1) is 46.9 Å². The Morgan fingerprint density at radius 2 is 1.68 bits per heavy atom. The average molecular weight is 381 g/mol. The van der Waals surface area contributed by atoms with Gasteiger partial charge in [-0.3, -0.25) is 4.79 Å². The molecule has 2 aromatic carbocycles. The number of ether oxygens (including phenoxy) is 2. The highest BCUT2D eigenvalue weighted by atomic mass is 16.5. The van der Waals surface area contributed by atoms with E-state index >= 15 is 0 Å². The summed E-state index contributed by atoms with van der Waals surface area (Å²) in [5.74, 6) is 1.39. The zero-order chi connectivity index (χ0) is 19.9. The van der Waals surface area contributed by atoms with Gasteiger partial charge in [0.25, 0.3) is 5.91 Å². The minimum Gasteiger partial charge on any atom is -0.496 e. The molecule has 148 valence electrons. The van der Waals surface area contributed by atoms with Crippen molar-refractivity contribution in [2.75, 3.05) is 46.9 Å². The number of nitrogens with zero attached hydrogens (tertiary/aromatic N) is 1. The van der Waals surface area contributed by atoms with E-state index in [1.165, 1.54) is 10.5 Å². The van der Waals surface area contributed by atoms with Crippen LogP contribution in [0.25, 0.3) is 6.08 Å². The number of piperazine rings is 1. The number of methoxy groups -OCH3 is 2. The monoisotopic (exact) mass is 381 g/mol. The molecule has 0 spiro atoms. The van der Waals surface area contributed by atoms with Crippen molar-refractivity contribution in [3.63, 3.8) is 0 Å². The van der Waals surface area contributed by atoms with Crippen LogP contribution < -0.4 is 14.4 Å². The van der Waals surface area contributed by atoms with Gasteiger partial charge in [0.1, 0.15) is 11.5 Å². The molecule has 1 amide bonds. The first-order chi connectivity index (χ1) is 13.6. The van der Waals surface area contributed by atoms with Crippen LogP contribution in [0.4, 0.5) is 0 Å². The molecular weight excluding hydrogens is 352 g/mol. The second-order valence-electron chi connectivity index (χ2n) is 7.07. The largest absolute Gasteiger partial charge is 0.496 e. The minimum absolute atomic E-state index is 0.0375. The summed E-state index contributed by atoms with van der Waals surface area (Å²) in [7, 11) is 3.22. The number of nitrogens with one attached hydrogen (secondary N) is 1. The van der Waals surface area contributed by atoms with Crippen molar-refractivity contribution >= 4 is 12.0 Å². The number of hydrogen-bond acceptors (Lipinski definition) is 3.